The molecule has 4 rings (SSSR count). The fourth-order valence-corrected chi connectivity index (χ4v) is 5.38. The highest BCUT2D eigenvalue weighted by molar-refractivity contribution is 5.03. The number of hydrogen-bond acceptors (Lipinski definition) is 2. The minimum atomic E-state index is 0.316. The molecule has 114 valence electrons. The molecule has 0 amide bonds. The van der Waals surface area contributed by atoms with Crippen molar-refractivity contribution in [1.82, 2.24) is 5.32 Å². The molecule has 0 aromatic rings. The zero-order valence-corrected chi connectivity index (χ0v) is 13.1. The van der Waals surface area contributed by atoms with Crippen molar-refractivity contribution in [3.8, 4) is 0 Å². The monoisotopic (exact) mass is 277 g/mol. The predicted octanol–water partition coefficient (Wildman–Crippen LogP) is 3.75. The Balaban J connectivity index is 1.42. The highest BCUT2D eigenvalue weighted by Crippen LogP contribution is 2.56. The van der Waals surface area contributed by atoms with Crippen molar-refractivity contribution in [2.24, 2.45) is 23.7 Å². The number of rotatable bonds is 5. The molecule has 4 fully saturated rings. The predicted molar refractivity (Wildman–Crippen MR) is 81.7 cm³/mol. The van der Waals surface area contributed by atoms with E-state index in [0.717, 1.165) is 36.3 Å². The van der Waals surface area contributed by atoms with Gasteiger partial charge in [-0.2, -0.15) is 0 Å². The summed E-state index contributed by atoms with van der Waals surface area (Å²) < 4.78 is 6.15. The third-order valence-corrected chi connectivity index (χ3v) is 6.72. The lowest BCUT2D eigenvalue weighted by molar-refractivity contribution is -0.149. The van der Waals surface area contributed by atoms with E-state index in [9.17, 15) is 0 Å². The topological polar surface area (TPSA) is 21.3 Å². The lowest BCUT2D eigenvalue weighted by Gasteiger charge is -2.49. The zero-order chi connectivity index (χ0) is 13.6. The maximum Gasteiger partial charge on any atom is 0.0685 e. The molecule has 20 heavy (non-hydrogen) atoms. The summed E-state index contributed by atoms with van der Waals surface area (Å²) in [7, 11) is 0. The molecule has 0 aromatic carbocycles. The number of ether oxygens (including phenoxy) is 1. The van der Waals surface area contributed by atoms with Crippen LogP contribution >= 0.6 is 0 Å². The van der Waals surface area contributed by atoms with E-state index in [4.69, 9.17) is 4.74 Å². The Kier molecular flexibility index (Phi) is 3.58. The van der Waals surface area contributed by atoms with E-state index in [1.54, 1.807) is 6.42 Å². The fraction of sp³-hybridized carbons (Fsp3) is 1.00. The van der Waals surface area contributed by atoms with Crippen LogP contribution in [0.3, 0.4) is 0 Å². The van der Waals surface area contributed by atoms with Crippen molar-refractivity contribution in [3.63, 3.8) is 0 Å². The zero-order valence-electron chi connectivity index (χ0n) is 13.1. The van der Waals surface area contributed by atoms with Gasteiger partial charge in [0.05, 0.1) is 5.60 Å². The van der Waals surface area contributed by atoms with Crippen molar-refractivity contribution >= 4 is 0 Å². The molecule has 1 N–H and O–H groups in total. The standard InChI is InChI=1S/C18H31NO/c1-2-7-19-17(16-10-14-9-15(14)11-16)13-4-8-20-18(12-13)5-3-6-18/h13-17,19H,2-12H2,1H3. The quantitative estimate of drug-likeness (QED) is 0.826. The van der Waals surface area contributed by atoms with Crippen LogP contribution in [0.4, 0.5) is 0 Å². The molecule has 4 atom stereocenters. The average molecular weight is 277 g/mol. The average Bonchev–Trinajstić information content (AvgIpc) is 3.05. The lowest BCUT2D eigenvalue weighted by Crippen LogP contribution is -2.52. The first-order valence-electron chi connectivity index (χ1n) is 9.17. The van der Waals surface area contributed by atoms with E-state index >= 15 is 0 Å². The molecular weight excluding hydrogens is 246 g/mol. The van der Waals surface area contributed by atoms with Crippen LogP contribution in [0.2, 0.25) is 0 Å². The second kappa shape index (κ2) is 5.28. The van der Waals surface area contributed by atoms with Gasteiger partial charge in [-0.1, -0.05) is 6.92 Å². The van der Waals surface area contributed by atoms with Gasteiger partial charge in [0.25, 0.3) is 0 Å². The highest BCUT2D eigenvalue weighted by atomic mass is 16.5. The number of fused-ring (bicyclic) bond motifs is 1. The van der Waals surface area contributed by atoms with Crippen LogP contribution in [0, 0.1) is 23.7 Å². The molecule has 3 aliphatic carbocycles. The Morgan fingerprint density at radius 3 is 2.60 bits per heavy atom. The third-order valence-electron chi connectivity index (χ3n) is 6.72. The molecule has 2 nitrogen and oxygen atoms in total. The normalized spacial score (nSPS) is 43.0. The molecule has 0 radical (unpaired) electrons. The second-order valence-corrected chi connectivity index (χ2v) is 8.11. The molecule has 2 heteroatoms. The van der Waals surface area contributed by atoms with Gasteiger partial charge in [-0.3, -0.25) is 0 Å². The van der Waals surface area contributed by atoms with Gasteiger partial charge < -0.3 is 10.1 Å². The largest absolute Gasteiger partial charge is 0.375 e. The van der Waals surface area contributed by atoms with Gasteiger partial charge >= 0.3 is 0 Å². The van der Waals surface area contributed by atoms with Crippen molar-refractivity contribution in [2.45, 2.75) is 76.4 Å². The van der Waals surface area contributed by atoms with Crippen LogP contribution in [0.1, 0.15) is 64.7 Å². The van der Waals surface area contributed by atoms with Crippen LogP contribution < -0.4 is 5.32 Å². The number of nitrogens with one attached hydrogen (secondary N) is 1. The van der Waals surface area contributed by atoms with Crippen LogP contribution in [0.15, 0.2) is 0 Å². The Morgan fingerprint density at radius 1 is 1.15 bits per heavy atom. The molecule has 1 aliphatic heterocycles. The molecule has 4 aliphatic rings. The van der Waals surface area contributed by atoms with Gasteiger partial charge in [-0.25, -0.2) is 0 Å². The summed E-state index contributed by atoms with van der Waals surface area (Å²) in [4.78, 5) is 0. The van der Waals surface area contributed by atoms with E-state index in [-0.39, 0.29) is 0 Å². The van der Waals surface area contributed by atoms with Crippen molar-refractivity contribution in [3.05, 3.63) is 0 Å². The summed E-state index contributed by atoms with van der Waals surface area (Å²) in [6.07, 6.45) is 12.6. The van der Waals surface area contributed by atoms with E-state index < -0.39 is 0 Å². The summed E-state index contributed by atoms with van der Waals surface area (Å²) >= 11 is 0. The van der Waals surface area contributed by atoms with E-state index in [1.165, 1.54) is 57.9 Å². The van der Waals surface area contributed by atoms with Gasteiger partial charge in [0, 0.05) is 12.6 Å². The van der Waals surface area contributed by atoms with Crippen LogP contribution in [-0.2, 0) is 4.74 Å². The summed E-state index contributed by atoms with van der Waals surface area (Å²) in [5, 5.41) is 3.95. The van der Waals surface area contributed by atoms with Crippen LogP contribution in [-0.4, -0.2) is 24.8 Å². The van der Waals surface area contributed by atoms with Gasteiger partial charge in [0.1, 0.15) is 0 Å². The first-order valence-corrected chi connectivity index (χ1v) is 9.17. The Hall–Kier alpha value is -0.0800. The molecule has 1 heterocycles. The van der Waals surface area contributed by atoms with Gasteiger partial charge in [-0.05, 0) is 88.0 Å². The minimum absolute atomic E-state index is 0.316. The van der Waals surface area contributed by atoms with Gasteiger partial charge in [-0.15, -0.1) is 0 Å². The molecule has 0 bridgehead atoms. The Morgan fingerprint density at radius 2 is 1.95 bits per heavy atom. The van der Waals surface area contributed by atoms with Crippen LogP contribution in [0.25, 0.3) is 0 Å². The Bertz CT molecular complexity index is 341. The molecule has 3 saturated carbocycles. The smallest absolute Gasteiger partial charge is 0.0685 e. The fourth-order valence-electron chi connectivity index (χ4n) is 5.38. The number of hydrogen-bond donors (Lipinski definition) is 1. The summed E-state index contributed by atoms with van der Waals surface area (Å²) in [6, 6.07) is 0.795. The van der Waals surface area contributed by atoms with Crippen molar-refractivity contribution in [2.75, 3.05) is 13.2 Å². The van der Waals surface area contributed by atoms with Crippen molar-refractivity contribution < 1.29 is 4.74 Å². The van der Waals surface area contributed by atoms with E-state index in [1.807, 2.05) is 0 Å². The Labute approximate surface area is 124 Å². The summed E-state index contributed by atoms with van der Waals surface area (Å²) in [5.74, 6) is 4.09. The first-order chi connectivity index (χ1) is 9.80. The third kappa shape index (κ3) is 2.43. The van der Waals surface area contributed by atoms with Crippen LogP contribution in [0.5, 0.6) is 0 Å². The van der Waals surface area contributed by atoms with E-state index in [0.29, 0.717) is 5.60 Å². The molecule has 4 unspecified atom stereocenters. The summed E-state index contributed by atoms with van der Waals surface area (Å²) in [6.45, 7) is 4.53. The SMILES string of the molecule is CCCNC(C1CC2CC2C1)C1CCOC2(CCC2)C1. The minimum Gasteiger partial charge on any atom is -0.375 e. The molecule has 1 saturated heterocycles. The van der Waals surface area contributed by atoms with Gasteiger partial charge in [0.15, 0.2) is 0 Å². The van der Waals surface area contributed by atoms with E-state index in [2.05, 4.69) is 12.2 Å². The highest BCUT2D eigenvalue weighted by Gasteiger charge is 2.51. The maximum absolute atomic E-state index is 6.15. The molecular formula is C18H31NO. The van der Waals surface area contributed by atoms with Gasteiger partial charge in [0.2, 0.25) is 0 Å². The second-order valence-electron chi connectivity index (χ2n) is 8.11. The maximum atomic E-state index is 6.15. The van der Waals surface area contributed by atoms with Crippen molar-refractivity contribution in [1.29, 1.82) is 0 Å². The first kappa shape index (κ1) is 13.6. The molecule has 1 spiro atoms. The lowest BCUT2D eigenvalue weighted by atomic mass is 9.68. The summed E-state index contributed by atoms with van der Waals surface area (Å²) in [5.41, 5.74) is 0.316. The molecule has 0 aromatic heterocycles.